The Morgan fingerprint density at radius 3 is 1.79 bits per heavy atom. The minimum Gasteiger partial charge on any atom is -0.477 e. The summed E-state index contributed by atoms with van der Waals surface area (Å²) in [6, 6.07) is 0. The lowest BCUT2D eigenvalue weighted by molar-refractivity contribution is -0.237. The smallest absolute Gasteiger partial charge is 0.366 e. The summed E-state index contributed by atoms with van der Waals surface area (Å²) in [5, 5.41) is 36.0. The molecule has 1 atom stereocenters. The molecule has 19 heavy (non-hydrogen) atoms. The molecule has 0 aromatic heterocycles. The van der Waals surface area contributed by atoms with Crippen LogP contribution in [0.3, 0.4) is 0 Å². The highest BCUT2D eigenvalue weighted by atomic mass is 16.6. The molecule has 114 valence electrons. The summed E-state index contributed by atoms with van der Waals surface area (Å²) in [6.07, 6.45) is 8.40. The lowest BCUT2D eigenvalue weighted by Crippen LogP contribution is -2.49. The molecule has 0 saturated carbocycles. The maximum absolute atomic E-state index is 10.5. The number of carboxylic acid groups (broad SMARTS) is 1. The van der Waals surface area contributed by atoms with Crippen molar-refractivity contribution < 1.29 is 25.2 Å². The van der Waals surface area contributed by atoms with E-state index in [9.17, 15) is 9.90 Å². The van der Waals surface area contributed by atoms with Gasteiger partial charge in [-0.05, 0) is 6.42 Å². The second-order valence-corrected chi connectivity index (χ2v) is 5.16. The highest BCUT2D eigenvalue weighted by molar-refractivity contribution is 5.75. The number of carboxylic acids is 1. The van der Waals surface area contributed by atoms with E-state index in [1.807, 2.05) is 0 Å². The van der Waals surface area contributed by atoms with Crippen molar-refractivity contribution in [1.82, 2.24) is 0 Å². The Morgan fingerprint density at radius 2 is 1.37 bits per heavy atom. The van der Waals surface area contributed by atoms with Crippen LogP contribution in [0, 0.1) is 0 Å². The van der Waals surface area contributed by atoms with Crippen molar-refractivity contribution >= 4 is 5.97 Å². The lowest BCUT2D eigenvalue weighted by atomic mass is 10.0. The monoisotopic (exact) mass is 276 g/mol. The van der Waals surface area contributed by atoms with Crippen LogP contribution in [0.5, 0.6) is 0 Å². The van der Waals surface area contributed by atoms with Crippen LogP contribution in [0.4, 0.5) is 0 Å². The molecule has 0 bridgehead atoms. The minimum atomic E-state index is -3.03. The van der Waals surface area contributed by atoms with Crippen LogP contribution >= 0.6 is 0 Å². The van der Waals surface area contributed by atoms with Crippen LogP contribution in [0.25, 0.3) is 0 Å². The predicted molar refractivity (Wildman–Crippen MR) is 72.7 cm³/mol. The SMILES string of the molecule is CCCCCCCCCCCC(O)C(O)(O)C(=O)O. The van der Waals surface area contributed by atoms with Crippen molar-refractivity contribution in [2.24, 2.45) is 0 Å². The third-order valence-electron chi connectivity index (χ3n) is 3.36. The van der Waals surface area contributed by atoms with E-state index in [1.165, 1.54) is 32.1 Å². The fourth-order valence-corrected chi connectivity index (χ4v) is 1.99. The molecule has 0 heterocycles. The van der Waals surface area contributed by atoms with Gasteiger partial charge in [-0.1, -0.05) is 64.7 Å². The average molecular weight is 276 g/mol. The van der Waals surface area contributed by atoms with Crippen LogP contribution in [0.15, 0.2) is 0 Å². The van der Waals surface area contributed by atoms with Gasteiger partial charge >= 0.3 is 5.97 Å². The van der Waals surface area contributed by atoms with Crippen molar-refractivity contribution in [3.8, 4) is 0 Å². The highest BCUT2D eigenvalue weighted by Crippen LogP contribution is 2.16. The molecule has 0 amide bonds. The standard InChI is InChI=1S/C14H28O5/c1-2-3-4-5-6-7-8-9-10-11-12(15)14(18,19)13(16)17/h12,15,18-19H,2-11H2,1H3,(H,16,17). The Morgan fingerprint density at radius 1 is 0.947 bits per heavy atom. The highest BCUT2D eigenvalue weighted by Gasteiger charge is 2.41. The Balaban J connectivity index is 3.47. The number of unbranched alkanes of at least 4 members (excludes halogenated alkanes) is 8. The van der Waals surface area contributed by atoms with Gasteiger partial charge in [-0.25, -0.2) is 4.79 Å². The summed E-state index contributed by atoms with van der Waals surface area (Å²) in [5.74, 6) is -4.84. The Hall–Kier alpha value is -0.650. The molecule has 0 spiro atoms. The van der Waals surface area contributed by atoms with Crippen molar-refractivity contribution in [3.05, 3.63) is 0 Å². The van der Waals surface area contributed by atoms with Gasteiger partial charge in [-0.3, -0.25) is 0 Å². The number of hydrogen-bond donors (Lipinski definition) is 4. The van der Waals surface area contributed by atoms with Crippen molar-refractivity contribution in [2.75, 3.05) is 0 Å². The van der Waals surface area contributed by atoms with E-state index in [0.717, 1.165) is 19.3 Å². The van der Waals surface area contributed by atoms with Crippen LogP contribution in [0.2, 0.25) is 0 Å². The van der Waals surface area contributed by atoms with Crippen molar-refractivity contribution in [3.63, 3.8) is 0 Å². The molecule has 0 aromatic rings. The number of aliphatic hydroxyl groups excluding tert-OH is 1. The molecule has 4 N–H and O–H groups in total. The number of hydrogen-bond acceptors (Lipinski definition) is 4. The quantitative estimate of drug-likeness (QED) is 0.323. The van der Waals surface area contributed by atoms with Crippen LogP contribution in [-0.4, -0.2) is 38.3 Å². The maximum Gasteiger partial charge on any atom is 0.366 e. The summed E-state index contributed by atoms with van der Waals surface area (Å²) < 4.78 is 0. The van der Waals surface area contributed by atoms with Crippen LogP contribution < -0.4 is 0 Å². The van der Waals surface area contributed by atoms with Gasteiger partial charge in [0.1, 0.15) is 6.10 Å². The summed E-state index contributed by atoms with van der Waals surface area (Å²) in [4.78, 5) is 10.5. The molecule has 0 saturated heterocycles. The molecule has 0 aliphatic heterocycles. The van der Waals surface area contributed by atoms with Gasteiger partial charge in [0, 0.05) is 0 Å². The molecule has 0 radical (unpaired) electrons. The van der Waals surface area contributed by atoms with E-state index in [4.69, 9.17) is 15.3 Å². The lowest BCUT2D eigenvalue weighted by Gasteiger charge is -2.22. The van der Waals surface area contributed by atoms with E-state index < -0.39 is 17.9 Å². The molecule has 5 heteroatoms. The molecule has 0 aliphatic rings. The summed E-state index contributed by atoms with van der Waals surface area (Å²) in [6.45, 7) is 2.19. The molecule has 0 rings (SSSR count). The van der Waals surface area contributed by atoms with Crippen molar-refractivity contribution in [1.29, 1.82) is 0 Å². The van der Waals surface area contributed by atoms with Gasteiger partial charge in [0.05, 0.1) is 0 Å². The first-order chi connectivity index (χ1) is 8.92. The third-order valence-corrected chi connectivity index (χ3v) is 3.36. The van der Waals surface area contributed by atoms with E-state index in [-0.39, 0.29) is 6.42 Å². The normalized spacial score (nSPS) is 13.5. The number of aliphatic carboxylic acids is 1. The van der Waals surface area contributed by atoms with Gasteiger partial charge in [0.2, 0.25) is 0 Å². The molecule has 0 aromatic carbocycles. The summed E-state index contributed by atoms with van der Waals surface area (Å²) >= 11 is 0. The molecule has 0 fully saturated rings. The first-order valence-electron chi connectivity index (χ1n) is 7.29. The Kier molecular flexibility index (Phi) is 9.83. The van der Waals surface area contributed by atoms with Gasteiger partial charge < -0.3 is 20.4 Å². The average Bonchev–Trinajstić information content (AvgIpc) is 2.36. The zero-order chi connectivity index (χ0) is 14.7. The number of rotatable bonds is 12. The second kappa shape index (κ2) is 10.2. The zero-order valence-electron chi connectivity index (χ0n) is 11.8. The van der Waals surface area contributed by atoms with Crippen LogP contribution in [-0.2, 0) is 4.79 Å². The fraction of sp³-hybridized carbons (Fsp3) is 0.929. The first-order valence-corrected chi connectivity index (χ1v) is 7.29. The number of carbonyl (C=O) groups is 1. The molecule has 5 nitrogen and oxygen atoms in total. The largest absolute Gasteiger partial charge is 0.477 e. The van der Waals surface area contributed by atoms with Gasteiger partial charge in [-0.2, -0.15) is 0 Å². The van der Waals surface area contributed by atoms with Gasteiger partial charge in [-0.15, -0.1) is 0 Å². The van der Waals surface area contributed by atoms with Gasteiger partial charge in [0.25, 0.3) is 5.79 Å². The van der Waals surface area contributed by atoms with Crippen LogP contribution in [0.1, 0.15) is 71.1 Å². The molecular formula is C14H28O5. The first kappa shape index (κ1) is 18.4. The van der Waals surface area contributed by atoms with E-state index in [2.05, 4.69) is 6.92 Å². The molecule has 0 aliphatic carbocycles. The van der Waals surface area contributed by atoms with E-state index in [0.29, 0.717) is 6.42 Å². The summed E-state index contributed by atoms with van der Waals surface area (Å²) in [7, 11) is 0. The van der Waals surface area contributed by atoms with E-state index >= 15 is 0 Å². The molecule has 1 unspecified atom stereocenters. The molecular weight excluding hydrogens is 248 g/mol. The predicted octanol–water partition coefficient (Wildman–Crippen LogP) is 2.03. The number of aliphatic hydroxyl groups is 3. The van der Waals surface area contributed by atoms with Crippen molar-refractivity contribution in [2.45, 2.75) is 83.0 Å². The van der Waals surface area contributed by atoms with Gasteiger partial charge in [0.15, 0.2) is 0 Å². The maximum atomic E-state index is 10.5. The summed E-state index contributed by atoms with van der Waals surface area (Å²) in [5.41, 5.74) is 0. The zero-order valence-corrected chi connectivity index (χ0v) is 11.8. The minimum absolute atomic E-state index is 0.0924. The fourth-order valence-electron chi connectivity index (χ4n) is 1.99. The Labute approximate surface area is 115 Å². The van der Waals surface area contributed by atoms with E-state index in [1.54, 1.807) is 0 Å². The third kappa shape index (κ3) is 8.18. The topological polar surface area (TPSA) is 98.0 Å². The Bertz CT molecular complexity index is 240. The second-order valence-electron chi connectivity index (χ2n) is 5.16.